The van der Waals surface area contributed by atoms with Gasteiger partial charge in [0.05, 0.1) is 5.75 Å². The van der Waals surface area contributed by atoms with Gasteiger partial charge >= 0.3 is 0 Å². The largest absolute Gasteiger partial charge is 0.340 e. The fourth-order valence-corrected chi connectivity index (χ4v) is 4.59. The summed E-state index contributed by atoms with van der Waals surface area (Å²) in [7, 11) is -3.30. The van der Waals surface area contributed by atoms with E-state index in [1.54, 1.807) is 0 Å². The lowest BCUT2D eigenvalue weighted by molar-refractivity contribution is -0.134. The van der Waals surface area contributed by atoms with E-state index in [1.165, 1.54) is 10.7 Å². The van der Waals surface area contributed by atoms with Crippen LogP contribution in [0.4, 0.5) is 0 Å². The standard InChI is InChI=1S/C14H27N3O3S/c1-2-13-5-3-4-9-17(13)14(18)6-12-21(19,20)16-10-7-15-8-11-16/h13,15H,2-12H2,1H3. The van der Waals surface area contributed by atoms with Crippen LogP contribution in [0.1, 0.15) is 39.0 Å². The number of likely N-dealkylation sites (tertiary alicyclic amines) is 1. The average molecular weight is 317 g/mol. The van der Waals surface area contributed by atoms with Crippen molar-refractivity contribution in [2.45, 2.75) is 45.1 Å². The van der Waals surface area contributed by atoms with E-state index in [4.69, 9.17) is 0 Å². The van der Waals surface area contributed by atoms with Crippen molar-refractivity contribution in [1.82, 2.24) is 14.5 Å². The minimum absolute atomic E-state index is 0.000240. The van der Waals surface area contributed by atoms with E-state index in [0.29, 0.717) is 32.2 Å². The summed E-state index contributed by atoms with van der Waals surface area (Å²) in [6.45, 7) is 5.28. The fourth-order valence-electron chi connectivity index (χ4n) is 3.16. The van der Waals surface area contributed by atoms with E-state index in [1.807, 2.05) is 4.90 Å². The molecule has 2 fully saturated rings. The second-order valence-corrected chi connectivity index (χ2v) is 7.95. The number of nitrogens with zero attached hydrogens (tertiary/aromatic N) is 2. The van der Waals surface area contributed by atoms with Crippen molar-refractivity contribution in [2.24, 2.45) is 0 Å². The maximum Gasteiger partial charge on any atom is 0.223 e. The summed E-state index contributed by atoms with van der Waals surface area (Å²) >= 11 is 0. The van der Waals surface area contributed by atoms with Gasteiger partial charge < -0.3 is 10.2 Å². The predicted molar refractivity (Wildman–Crippen MR) is 82.5 cm³/mol. The minimum Gasteiger partial charge on any atom is -0.340 e. The summed E-state index contributed by atoms with van der Waals surface area (Å²) in [5.41, 5.74) is 0. The van der Waals surface area contributed by atoms with Gasteiger partial charge in [0.15, 0.2) is 0 Å². The zero-order chi connectivity index (χ0) is 15.3. The predicted octanol–water partition coefficient (Wildman–Crippen LogP) is 0.403. The van der Waals surface area contributed by atoms with Crippen molar-refractivity contribution in [3.63, 3.8) is 0 Å². The monoisotopic (exact) mass is 317 g/mol. The van der Waals surface area contributed by atoms with Crippen molar-refractivity contribution in [1.29, 1.82) is 0 Å². The minimum atomic E-state index is -3.30. The maximum absolute atomic E-state index is 12.3. The third-order valence-electron chi connectivity index (χ3n) is 4.46. The molecule has 6 nitrogen and oxygen atoms in total. The van der Waals surface area contributed by atoms with Gasteiger partial charge in [-0.25, -0.2) is 8.42 Å². The molecule has 2 aliphatic heterocycles. The number of nitrogens with one attached hydrogen (secondary N) is 1. The maximum atomic E-state index is 12.3. The molecule has 1 unspecified atom stereocenters. The highest BCUT2D eigenvalue weighted by Gasteiger charge is 2.28. The van der Waals surface area contributed by atoms with Crippen molar-refractivity contribution in [2.75, 3.05) is 38.5 Å². The molecule has 21 heavy (non-hydrogen) atoms. The zero-order valence-corrected chi connectivity index (χ0v) is 13.7. The lowest BCUT2D eigenvalue weighted by Crippen LogP contribution is -2.48. The number of sulfonamides is 1. The lowest BCUT2D eigenvalue weighted by Gasteiger charge is -2.35. The number of carbonyl (C=O) groups excluding carboxylic acids is 1. The molecule has 2 saturated heterocycles. The molecular formula is C14H27N3O3S. The number of piperidine rings is 1. The molecule has 0 bridgehead atoms. The van der Waals surface area contributed by atoms with Crippen LogP contribution in [0.5, 0.6) is 0 Å². The Morgan fingerprint density at radius 3 is 2.57 bits per heavy atom. The highest BCUT2D eigenvalue weighted by molar-refractivity contribution is 7.89. The van der Waals surface area contributed by atoms with E-state index in [2.05, 4.69) is 12.2 Å². The molecule has 2 rings (SSSR count). The van der Waals surface area contributed by atoms with Crippen molar-refractivity contribution in [3.8, 4) is 0 Å². The zero-order valence-electron chi connectivity index (χ0n) is 12.9. The number of piperazine rings is 1. The Labute approximate surface area is 127 Å². The Hall–Kier alpha value is -0.660. The number of hydrogen-bond donors (Lipinski definition) is 1. The molecule has 0 aromatic carbocycles. The summed E-state index contributed by atoms with van der Waals surface area (Å²) in [6, 6.07) is 0.299. The van der Waals surface area contributed by atoms with Crippen LogP contribution in [0.15, 0.2) is 0 Å². The van der Waals surface area contributed by atoms with Gasteiger partial charge in [-0.3, -0.25) is 4.79 Å². The Morgan fingerprint density at radius 2 is 1.90 bits per heavy atom. The first kappa shape index (κ1) is 16.7. The summed E-state index contributed by atoms with van der Waals surface area (Å²) in [6.07, 6.45) is 4.32. The molecule has 1 amide bonds. The highest BCUT2D eigenvalue weighted by atomic mass is 32.2. The third-order valence-corrected chi connectivity index (χ3v) is 6.33. The van der Waals surface area contributed by atoms with Crippen molar-refractivity contribution >= 4 is 15.9 Å². The van der Waals surface area contributed by atoms with Crippen molar-refractivity contribution < 1.29 is 13.2 Å². The molecular weight excluding hydrogens is 290 g/mol. The topological polar surface area (TPSA) is 69.7 Å². The number of amides is 1. The van der Waals surface area contributed by atoms with Crippen molar-refractivity contribution in [3.05, 3.63) is 0 Å². The molecule has 2 heterocycles. The van der Waals surface area contributed by atoms with Gasteiger partial charge in [0.25, 0.3) is 0 Å². The van der Waals surface area contributed by atoms with E-state index >= 15 is 0 Å². The Bertz CT molecular complexity index is 446. The lowest BCUT2D eigenvalue weighted by atomic mass is 10.00. The molecule has 122 valence electrons. The molecule has 7 heteroatoms. The Morgan fingerprint density at radius 1 is 1.19 bits per heavy atom. The van der Waals surface area contributed by atoms with E-state index in [0.717, 1.165) is 25.8 Å². The van der Waals surface area contributed by atoms with Crippen LogP contribution in [0.3, 0.4) is 0 Å². The van der Waals surface area contributed by atoms with E-state index in [9.17, 15) is 13.2 Å². The van der Waals surface area contributed by atoms with E-state index < -0.39 is 10.0 Å². The molecule has 0 radical (unpaired) electrons. The van der Waals surface area contributed by atoms with Crippen LogP contribution in [0.25, 0.3) is 0 Å². The Kier molecular flexibility index (Phi) is 6.01. The first-order valence-electron chi connectivity index (χ1n) is 8.02. The number of rotatable bonds is 5. The molecule has 1 atom stereocenters. The van der Waals surface area contributed by atoms with Gasteiger partial charge in [-0.2, -0.15) is 4.31 Å². The van der Waals surface area contributed by atoms with Crippen LogP contribution in [-0.2, 0) is 14.8 Å². The van der Waals surface area contributed by atoms with Gasteiger partial charge in [0.2, 0.25) is 15.9 Å². The quantitative estimate of drug-likeness (QED) is 0.797. The molecule has 1 N–H and O–H groups in total. The summed E-state index contributed by atoms with van der Waals surface area (Å²) in [5.74, 6) is -0.0565. The second-order valence-electron chi connectivity index (χ2n) is 5.86. The van der Waals surface area contributed by atoms with Gasteiger partial charge in [-0.1, -0.05) is 6.92 Å². The van der Waals surface area contributed by atoms with Crippen LogP contribution < -0.4 is 5.32 Å². The first-order chi connectivity index (χ1) is 10.0. The fraction of sp³-hybridized carbons (Fsp3) is 0.929. The normalized spacial score (nSPS) is 25.0. The number of carbonyl (C=O) groups is 1. The summed E-state index contributed by atoms with van der Waals surface area (Å²) in [4.78, 5) is 14.2. The molecule has 2 aliphatic rings. The second kappa shape index (κ2) is 7.56. The van der Waals surface area contributed by atoms with Crippen LogP contribution >= 0.6 is 0 Å². The first-order valence-corrected chi connectivity index (χ1v) is 9.63. The van der Waals surface area contributed by atoms with Gasteiger partial charge in [0.1, 0.15) is 0 Å². The molecule has 0 aromatic rings. The Balaban J connectivity index is 1.87. The molecule has 0 aliphatic carbocycles. The van der Waals surface area contributed by atoms with Gasteiger partial charge in [-0.05, 0) is 25.7 Å². The average Bonchev–Trinajstić information content (AvgIpc) is 2.53. The van der Waals surface area contributed by atoms with E-state index in [-0.39, 0.29) is 18.1 Å². The van der Waals surface area contributed by atoms with Crippen LogP contribution in [0, 0.1) is 0 Å². The highest BCUT2D eigenvalue weighted by Crippen LogP contribution is 2.20. The van der Waals surface area contributed by atoms with Crippen LogP contribution in [0.2, 0.25) is 0 Å². The van der Waals surface area contributed by atoms with Gasteiger partial charge in [0, 0.05) is 45.2 Å². The molecule has 0 saturated carbocycles. The van der Waals surface area contributed by atoms with Gasteiger partial charge in [-0.15, -0.1) is 0 Å². The smallest absolute Gasteiger partial charge is 0.223 e. The number of hydrogen-bond acceptors (Lipinski definition) is 4. The summed E-state index contributed by atoms with van der Waals surface area (Å²) in [5, 5.41) is 3.14. The van der Waals surface area contributed by atoms with Crippen LogP contribution in [-0.4, -0.2) is 68.0 Å². The third kappa shape index (κ3) is 4.40. The summed E-state index contributed by atoms with van der Waals surface area (Å²) < 4.78 is 26.0. The molecule has 0 aromatic heterocycles. The SMILES string of the molecule is CCC1CCCCN1C(=O)CCS(=O)(=O)N1CCNCC1. The molecule has 0 spiro atoms.